The number of rotatable bonds is 10. The van der Waals surface area contributed by atoms with Crippen LogP contribution in [0.2, 0.25) is 0 Å². The first-order chi connectivity index (χ1) is 19.9. The van der Waals surface area contributed by atoms with E-state index in [1.807, 2.05) is 25.1 Å². The van der Waals surface area contributed by atoms with E-state index in [9.17, 15) is 4.79 Å². The molecule has 1 aliphatic carbocycles. The van der Waals surface area contributed by atoms with Gasteiger partial charge >= 0.3 is 0 Å². The van der Waals surface area contributed by atoms with Crippen LogP contribution in [-0.4, -0.2) is 95.2 Å². The highest BCUT2D eigenvalue weighted by Crippen LogP contribution is 2.39. The summed E-state index contributed by atoms with van der Waals surface area (Å²) in [6.45, 7) is 8.09. The number of piperidine rings is 1. The van der Waals surface area contributed by atoms with E-state index in [2.05, 4.69) is 49.4 Å². The number of benzene rings is 1. The third-order valence-electron chi connectivity index (χ3n) is 8.35. The highest BCUT2D eigenvalue weighted by atomic mass is 32.2. The lowest BCUT2D eigenvalue weighted by atomic mass is 10.0. The van der Waals surface area contributed by atoms with Gasteiger partial charge in [-0.05, 0) is 82.2 Å². The van der Waals surface area contributed by atoms with Crippen molar-refractivity contribution in [1.82, 2.24) is 30.0 Å². The van der Waals surface area contributed by atoms with Crippen molar-refractivity contribution in [3.63, 3.8) is 0 Å². The Morgan fingerprint density at radius 3 is 2.41 bits per heavy atom. The maximum absolute atomic E-state index is 12.3. The molecule has 1 saturated carbocycles. The average molecular weight is 577 g/mol. The topological polar surface area (TPSA) is 103 Å². The van der Waals surface area contributed by atoms with E-state index in [4.69, 9.17) is 14.7 Å². The molecule has 2 N–H and O–H groups in total. The molecule has 0 amide bonds. The molecule has 0 atom stereocenters. The number of aromatic nitrogens is 4. The van der Waals surface area contributed by atoms with Crippen LogP contribution < -0.4 is 15.0 Å². The molecule has 0 radical (unpaired) electrons. The Morgan fingerprint density at radius 1 is 1.05 bits per heavy atom. The summed E-state index contributed by atoms with van der Waals surface area (Å²) in [4.78, 5) is 30.6. The van der Waals surface area contributed by atoms with E-state index in [0.717, 1.165) is 61.0 Å². The molecule has 0 bridgehead atoms. The molecule has 0 spiro atoms. The third-order valence-corrected chi connectivity index (χ3v) is 9.22. The number of H-pyrrole nitrogens is 1. The van der Waals surface area contributed by atoms with Gasteiger partial charge in [0.25, 0.3) is 0 Å². The van der Waals surface area contributed by atoms with E-state index < -0.39 is 0 Å². The molecule has 0 unspecified atom stereocenters. The zero-order valence-electron chi connectivity index (χ0n) is 24.2. The smallest absolute Gasteiger partial charge is 0.204 e. The number of hydrogen-bond acceptors (Lipinski definition) is 10. The van der Waals surface area contributed by atoms with E-state index in [1.165, 1.54) is 37.7 Å². The number of piperazine rings is 1. The van der Waals surface area contributed by atoms with Crippen molar-refractivity contribution in [1.29, 1.82) is 0 Å². The van der Waals surface area contributed by atoms with Crippen LogP contribution in [0.25, 0.3) is 0 Å². The second kappa shape index (κ2) is 12.4. The van der Waals surface area contributed by atoms with E-state index >= 15 is 0 Å². The van der Waals surface area contributed by atoms with Crippen molar-refractivity contribution in [2.75, 3.05) is 63.6 Å². The number of ketones is 1. The summed E-state index contributed by atoms with van der Waals surface area (Å²) >= 11 is 1.51. The third kappa shape index (κ3) is 6.85. The largest absolute Gasteiger partial charge is 0.490 e. The first-order valence-electron chi connectivity index (χ1n) is 14.7. The molecule has 4 heterocycles. The van der Waals surface area contributed by atoms with Gasteiger partial charge in [-0.15, -0.1) is 0 Å². The molecule has 2 aromatic heterocycles. The van der Waals surface area contributed by atoms with Crippen molar-refractivity contribution < 1.29 is 9.53 Å². The van der Waals surface area contributed by atoms with E-state index in [0.29, 0.717) is 40.8 Å². The number of carbonyl (C=O) groups is 1. The van der Waals surface area contributed by atoms with E-state index in [1.54, 1.807) is 7.11 Å². The predicted octanol–water partition coefficient (Wildman–Crippen LogP) is 4.15. The van der Waals surface area contributed by atoms with Crippen molar-refractivity contribution in [2.45, 2.75) is 55.1 Å². The number of aromatic amines is 1. The van der Waals surface area contributed by atoms with Crippen molar-refractivity contribution >= 4 is 35.0 Å². The minimum atomic E-state index is 0.283. The molecule has 1 aromatic carbocycles. The highest BCUT2D eigenvalue weighted by molar-refractivity contribution is 7.99. The first-order valence-corrected chi connectivity index (χ1v) is 15.5. The monoisotopic (exact) mass is 576 g/mol. The fourth-order valence-corrected chi connectivity index (χ4v) is 6.50. The van der Waals surface area contributed by atoms with Crippen LogP contribution in [0.3, 0.4) is 0 Å². The molecule has 3 aromatic rings. The van der Waals surface area contributed by atoms with E-state index in [-0.39, 0.29) is 5.92 Å². The Bertz CT molecular complexity index is 1340. The fourth-order valence-electron chi connectivity index (χ4n) is 5.75. The summed E-state index contributed by atoms with van der Waals surface area (Å²) in [5, 5.41) is 11.3. The maximum Gasteiger partial charge on any atom is 0.204 e. The van der Waals surface area contributed by atoms with Gasteiger partial charge in [-0.2, -0.15) is 5.10 Å². The number of anilines is 3. The summed E-state index contributed by atoms with van der Waals surface area (Å²) in [7, 11) is 3.89. The normalized spacial score (nSPS) is 19.0. The highest BCUT2D eigenvalue weighted by Gasteiger charge is 2.30. The van der Waals surface area contributed by atoms with Crippen molar-refractivity contribution in [3.8, 4) is 5.75 Å². The number of Topliss-reactive ketones (excluding diaryl/α,β-unsaturated/α-hetero) is 1. The second-order valence-corrected chi connectivity index (χ2v) is 12.5. The summed E-state index contributed by atoms with van der Waals surface area (Å²) < 4.78 is 5.92. The van der Waals surface area contributed by atoms with Gasteiger partial charge in [0, 0.05) is 61.2 Å². The Labute approximate surface area is 246 Å². The van der Waals surface area contributed by atoms with Gasteiger partial charge in [-0.1, -0.05) is 12.1 Å². The predicted molar refractivity (Wildman–Crippen MR) is 161 cm³/mol. The number of likely N-dealkylation sites (tertiary alicyclic amines) is 1. The number of nitrogens with zero attached hydrogens (tertiary/aromatic N) is 6. The van der Waals surface area contributed by atoms with Gasteiger partial charge < -0.3 is 19.9 Å². The molecule has 11 heteroatoms. The summed E-state index contributed by atoms with van der Waals surface area (Å²) in [6, 6.07) is 10.8. The van der Waals surface area contributed by atoms with Crippen molar-refractivity contribution in [3.05, 3.63) is 41.6 Å². The molecular weight excluding hydrogens is 536 g/mol. The molecule has 2 aliphatic heterocycles. The van der Waals surface area contributed by atoms with Crippen LogP contribution in [0.15, 0.2) is 40.4 Å². The lowest BCUT2D eigenvalue weighted by Crippen LogP contribution is -2.53. The number of aryl methyl sites for hydroxylation is 1. The molecule has 10 nitrogen and oxygen atoms in total. The zero-order chi connectivity index (χ0) is 28.3. The van der Waals surface area contributed by atoms with Crippen LogP contribution in [0.4, 0.5) is 17.5 Å². The van der Waals surface area contributed by atoms with Crippen LogP contribution in [-0.2, 0) is 11.2 Å². The standard InChI is InChI=1S/C30H40N8O2S/c1-20-18-26(35-34-20)31-28-27(40-3)29(38-16-14-37(15-17-38)23-10-12-36(2)13-11-23)33-30(32-28)41-24-8-4-21(5-9-24)19-25(39)22-6-7-22/h4-5,8-9,18,22-23H,6-7,10-17,19H2,1-3H3,(H2,31,32,33,34,35). The molecular formula is C30H40N8O2S. The van der Waals surface area contributed by atoms with Gasteiger partial charge in [0.1, 0.15) is 5.78 Å². The Morgan fingerprint density at radius 2 is 1.78 bits per heavy atom. The minimum Gasteiger partial charge on any atom is -0.490 e. The lowest BCUT2D eigenvalue weighted by molar-refractivity contribution is -0.119. The molecule has 3 fully saturated rings. The summed E-state index contributed by atoms with van der Waals surface area (Å²) in [5.74, 6) is 3.33. The van der Waals surface area contributed by atoms with Gasteiger partial charge in [0.15, 0.2) is 22.6 Å². The Balaban J connectivity index is 1.22. The van der Waals surface area contributed by atoms with Gasteiger partial charge in [-0.25, -0.2) is 9.97 Å². The number of ether oxygens (including phenoxy) is 1. The SMILES string of the molecule is COc1c(Nc2cc(C)[nH]n2)nc(Sc2ccc(CC(=O)C3CC3)cc2)nc1N1CCN(C2CCN(C)CC2)CC1. The van der Waals surface area contributed by atoms with Crippen LogP contribution in [0.5, 0.6) is 5.75 Å². The second-order valence-electron chi connectivity index (χ2n) is 11.5. The molecule has 41 heavy (non-hydrogen) atoms. The number of methoxy groups -OCH3 is 1. The van der Waals surface area contributed by atoms with Gasteiger partial charge in [-0.3, -0.25) is 14.8 Å². The van der Waals surface area contributed by atoms with Crippen LogP contribution in [0, 0.1) is 12.8 Å². The van der Waals surface area contributed by atoms with Crippen LogP contribution >= 0.6 is 11.8 Å². The van der Waals surface area contributed by atoms with Gasteiger partial charge in [0.2, 0.25) is 5.75 Å². The fraction of sp³-hybridized carbons (Fsp3) is 0.533. The summed E-state index contributed by atoms with van der Waals surface area (Å²) in [6.07, 6.45) is 5.08. The first kappa shape index (κ1) is 28.0. The Hall–Kier alpha value is -3.15. The average Bonchev–Trinajstić information content (AvgIpc) is 3.76. The Kier molecular flexibility index (Phi) is 8.45. The van der Waals surface area contributed by atoms with Crippen LogP contribution in [0.1, 0.15) is 36.9 Å². The number of nitrogens with one attached hydrogen (secondary N) is 2. The summed E-state index contributed by atoms with van der Waals surface area (Å²) in [5.41, 5.74) is 2.02. The molecule has 3 aliphatic rings. The minimum absolute atomic E-state index is 0.283. The molecule has 218 valence electrons. The number of carbonyl (C=O) groups excluding carboxylic acids is 1. The maximum atomic E-state index is 12.3. The molecule has 6 rings (SSSR count). The molecule has 2 saturated heterocycles. The number of hydrogen-bond donors (Lipinski definition) is 2. The quantitative estimate of drug-likeness (QED) is 0.342. The van der Waals surface area contributed by atoms with Gasteiger partial charge in [0.05, 0.1) is 7.11 Å². The zero-order valence-corrected chi connectivity index (χ0v) is 25.0. The van der Waals surface area contributed by atoms with Crippen molar-refractivity contribution in [2.24, 2.45) is 5.92 Å². The lowest BCUT2D eigenvalue weighted by Gasteiger charge is -2.42.